The third-order valence-electron chi connectivity index (χ3n) is 7.56. The van der Waals surface area contributed by atoms with Crippen molar-refractivity contribution in [2.24, 2.45) is 10.8 Å². The van der Waals surface area contributed by atoms with Crippen molar-refractivity contribution in [2.45, 2.75) is 31.5 Å². The first-order valence-electron chi connectivity index (χ1n) is 10.8. The lowest BCUT2D eigenvalue weighted by Crippen LogP contribution is -2.48. The quantitative estimate of drug-likeness (QED) is 0.790. The number of carbonyl (C=O) groups excluding carboxylic acids is 1. The summed E-state index contributed by atoms with van der Waals surface area (Å²) in [5.74, 6) is -0.483. The minimum atomic E-state index is -4.48. The Hall–Kier alpha value is -2.86. The van der Waals surface area contributed by atoms with Gasteiger partial charge in [-0.05, 0) is 63.7 Å². The molecule has 3 fully saturated rings. The number of carbonyl (C=O) groups is 1. The molecule has 9 heteroatoms. The smallest absolute Gasteiger partial charge is 0.369 e. The number of aromatic nitrogens is 1. The molecule has 2 atom stereocenters. The monoisotopic (exact) mass is 443 g/mol. The number of amides is 1. The van der Waals surface area contributed by atoms with Crippen LogP contribution in [-0.4, -0.2) is 61.2 Å². The number of hydrogen-bond donors (Lipinski definition) is 1. The SMILES string of the molecule is CN1CCC(NC(=O)C23CN(c4ccc(C#N)c5ncccc45)CC2(C(F)(F)F)C3)CC1. The van der Waals surface area contributed by atoms with E-state index in [2.05, 4.69) is 21.3 Å². The molecule has 1 N–H and O–H groups in total. The van der Waals surface area contributed by atoms with Crippen molar-refractivity contribution in [1.82, 2.24) is 15.2 Å². The Morgan fingerprint density at radius 1 is 1.25 bits per heavy atom. The molecule has 6 nitrogen and oxygen atoms in total. The number of nitrogens with zero attached hydrogens (tertiary/aromatic N) is 4. The second-order valence-electron chi connectivity index (χ2n) is 9.39. The Bertz CT molecular complexity index is 1120. The molecule has 5 rings (SSSR count). The van der Waals surface area contributed by atoms with E-state index in [1.165, 1.54) is 0 Å². The molecule has 3 aliphatic rings. The molecular formula is C23H24F3N5O. The molecule has 2 aromatic rings. The molecular weight excluding hydrogens is 419 g/mol. The van der Waals surface area contributed by atoms with Crippen LogP contribution in [0.15, 0.2) is 30.5 Å². The van der Waals surface area contributed by atoms with Gasteiger partial charge in [0, 0.05) is 36.4 Å². The summed E-state index contributed by atoms with van der Waals surface area (Å²) >= 11 is 0. The number of piperidine rings is 2. The van der Waals surface area contributed by atoms with Crippen LogP contribution in [0.25, 0.3) is 10.9 Å². The van der Waals surface area contributed by atoms with Gasteiger partial charge in [0.25, 0.3) is 0 Å². The van der Waals surface area contributed by atoms with Gasteiger partial charge in [0.15, 0.2) is 0 Å². The maximum atomic E-state index is 14.3. The minimum absolute atomic E-state index is 0.000854. The first-order valence-corrected chi connectivity index (χ1v) is 10.8. The summed E-state index contributed by atoms with van der Waals surface area (Å²) in [4.78, 5) is 21.3. The van der Waals surface area contributed by atoms with Crippen LogP contribution in [-0.2, 0) is 4.79 Å². The summed E-state index contributed by atoms with van der Waals surface area (Å²) in [5, 5.41) is 12.9. The molecule has 2 aliphatic heterocycles. The summed E-state index contributed by atoms with van der Waals surface area (Å²) in [5.41, 5.74) is -2.11. The zero-order valence-electron chi connectivity index (χ0n) is 17.7. The van der Waals surface area contributed by atoms with E-state index in [1.54, 1.807) is 35.4 Å². The van der Waals surface area contributed by atoms with E-state index in [-0.39, 0.29) is 25.6 Å². The molecule has 0 radical (unpaired) electrons. The molecule has 3 heterocycles. The Kier molecular flexibility index (Phi) is 4.64. The Balaban J connectivity index is 1.47. The summed E-state index contributed by atoms with van der Waals surface area (Å²) in [6.07, 6.45) is -1.61. The molecule has 1 aromatic heterocycles. The third-order valence-corrected chi connectivity index (χ3v) is 7.56. The highest BCUT2D eigenvalue weighted by atomic mass is 19.4. The van der Waals surface area contributed by atoms with Crippen molar-refractivity contribution < 1.29 is 18.0 Å². The predicted molar refractivity (Wildman–Crippen MR) is 113 cm³/mol. The number of benzene rings is 1. The lowest BCUT2D eigenvalue weighted by Gasteiger charge is -2.31. The van der Waals surface area contributed by atoms with Gasteiger partial charge in [-0.3, -0.25) is 9.78 Å². The van der Waals surface area contributed by atoms with Crippen LogP contribution in [0.1, 0.15) is 24.8 Å². The van der Waals surface area contributed by atoms with Gasteiger partial charge in [-0.1, -0.05) is 0 Å². The first kappa shape index (κ1) is 21.0. The van der Waals surface area contributed by atoms with E-state index < -0.39 is 22.9 Å². The van der Waals surface area contributed by atoms with Crippen LogP contribution in [0.5, 0.6) is 0 Å². The summed E-state index contributed by atoms with van der Waals surface area (Å²) < 4.78 is 42.8. The zero-order valence-corrected chi connectivity index (χ0v) is 17.7. The number of pyridine rings is 1. The fraction of sp³-hybridized carbons (Fsp3) is 0.522. The Labute approximate surface area is 184 Å². The number of hydrogen-bond acceptors (Lipinski definition) is 5. The standard InChI is InChI=1S/C23H24F3N5O/c1-30-9-6-16(7-10-30)29-20(32)21-12-22(21,23(24,25)26)14-31(13-21)18-5-4-15(11-27)19-17(18)3-2-8-28-19/h2-5,8,16H,6-7,9-10,12-14H2,1H3,(H,29,32). The van der Waals surface area contributed by atoms with Crippen molar-refractivity contribution in [1.29, 1.82) is 5.26 Å². The van der Waals surface area contributed by atoms with Gasteiger partial charge in [0.1, 0.15) is 11.5 Å². The number of anilines is 1. The minimum Gasteiger partial charge on any atom is -0.369 e. The van der Waals surface area contributed by atoms with Crippen molar-refractivity contribution in [3.8, 4) is 6.07 Å². The second-order valence-corrected chi connectivity index (χ2v) is 9.39. The van der Waals surface area contributed by atoms with E-state index in [0.29, 0.717) is 22.2 Å². The number of nitrogens with one attached hydrogen (secondary N) is 1. The van der Waals surface area contributed by atoms with Gasteiger partial charge in [-0.15, -0.1) is 0 Å². The maximum Gasteiger partial charge on any atom is 0.397 e. The van der Waals surface area contributed by atoms with Crippen molar-refractivity contribution in [2.75, 3.05) is 38.1 Å². The van der Waals surface area contributed by atoms with Gasteiger partial charge in [0.2, 0.25) is 5.91 Å². The Morgan fingerprint density at radius 3 is 2.69 bits per heavy atom. The van der Waals surface area contributed by atoms with Crippen LogP contribution in [0, 0.1) is 22.2 Å². The van der Waals surface area contributed by atoms with Gasteiger partial charge >= 0.3 is 6.18 Å². The highest BCUT2D eigenvalue weighted by Gasteiger charge is 2.86. The number of halogens is 3. The van der Waals surface area contributed by atoms with E-state index in [4.69, 9.17) is 0 Å². The van der Waals surface area contributed by atoms with Crippen molar-refractivity contribution >= 4 is 22.5 Å². The average Bonchev–Trinajstić information content (AvgIpc) is 3.32. The van der Waals surface area contributed by atoms with Crippen LogP contribution in [0.3, 0.4) is 0 Å². The fourth-order valence-corrected chi connectivity index (χ4v) is 5.59. The van der Waals surface area contributed by atoms with Gasteiger partial charge < -0.3 is 15.1 Å². The fourth-order valence-electron chi connectivity index (χ4n) is 5.59. The zero-order chi connectivity index (χ0) is 22.7. The summed E-state index contributed by atoms with van der Waals surface area (Å²) in [6.45, 7) is 1.37. The van der Waals surface area contributed by atoms with E-state index in [9.17, 15) is 23.2 Å². The molecule has 168 valence electrons. The number of nitriles is 1. The van der Waals surface area contributed by atoms with Gasteiger partial charge in [-0.2, -0.15) is 18.4 Å². The lowest BCUT2D eigenvalue weighted by molar-refractivity contribution is -0.191. The van der Waals surface area contributed by atoms with Crippen LogP contribution >= 0.6 is 0 Å². The Morgan fingerprint density at radius 2 is 2.00 bits per heavy atom. The molecule has 2 unspecified atom stereocenters. The topological polar surface area (TPSA) is 72.3 Å². The molecule has 0 spiro atoms. The molecule has 0 bridgehead atoms. The van der Waals surface area contributed by atoms with E-state index >= 15 is 0 Å². The second kappa shape index (κ2) is 7.07. The number of rotatable bonds is 3. The first-order chi connectivity index (χ1) is 15.2. The molecule has 2 saturated heterocycles. The van der Waals surface area contributed by atoms with Crippen molar-refractivity contribution in [3.63, 3.8) is 0 Å². The largest absolute Gasteiger partial charge is 0.397 e. The maximum absolute atomic E-state index is 14.3. The highest BCUT2D eigenvalue weighted by molar-refractivity contribution is 5.97. The summed E-state index contributed by atoms with van der Waals surface area (Å²) in [6, 6.07) is 8.70. The highest BCUT2D eigenvalue weighted by Crippen LogP contribution is 2.75. The average molecular weight is 443 g/mol. The van der Waals surface area contributed by atoms with Crippen LogP contribution < -0.4 is 10.2 Å². The number of fused-ring (bicyclic) bond motifs is 2. The van der Waals surface area contributed by atoms with Crippen LogP contribution in [0.2, 0.25) is 0 Å². The molecule has 32 heavy (non-hydrogen) atoms. The molecule has 1 saturated carbocycles. The molecule has 1 amide bonds. The van der Waals surface area contributed by atoms with Crippen molar-refractivity contribution in [3.05, 3.63) is 36.0 Å². The van der Waals surface area contributed by atoms with Crippen LogP contribution in [0.4, 0.5) is 18.9 Å². The van der Waals surface area contributed by atoms with E-state index in [0.717, 1.165) is 25.9 Å². The third kappa shape index (κ3) is 2.96. The van der Waals surface area contributed by atoms with Gasteiger partial charge in [-0.25, -0.2) is 0 Å². The predicted octanol–water partition coefficient (Wildman–Crippen LogP) is 3.08. The van der Waals surface area contributed by atoms with E-state index in [1.807, 2.05) is 7.05 Å². The summed E-state index contributed by atoms with van der Waals surface area (Å²) in [7, 11) is 2.00. The molecule has 1 aliphatic carbocycles. The number of likely N-dealkylation sites (tertiary alicyclic amines) is 1. The normalized spacial score (nSPS) is 28.4. The lowest BCUT2D eigenvalue weighted by atomic mass is 9.93. The number of alkyl halides is 3. The van der Waals surface area contributed by atoms with Gasteiger partial charge in [0.05, 0.1) is 16.5 Å². The molecule has 1 aromatic carbocycles.